The van der Waals surface area contributed by atoms with Gasteiger partial charge in [-0.15, -0.1) is 0 Å². The molecule has 3 heteroatoms. The Morgan fingerprint density at radius 2 is 1.46 bits per heavy atom. The second-order valence-electron chi connectivity index (χ2n) is 5.69. The van der Waals surface area contributed by atoms with Gasteiger partial charge >= 0.3 is 0 Å². The van der Waals surface area contributed by atoms with Gasteiger partial charge < -0.3 is 15.7 Å². The van der Waals surface area contributed by atoms with E-state index in [-0.39, 0.29) is 0 Å². The van der Waals surface area contributed by atoms with Crippen LogP contribution in [0.2, 0.25) is 0 Å². The Morgan fingerprint density at radius 3 is 2.08 bits per heavy atom. The van der Waals surface area contributed by atoms with E-state index in [0.717, 1.165) is 22.3 Å². The molecule has 1 heterocycles. The van der Waals surface area contributed by atoms with Crippen molar-refractivity contribution in [1.82, 2.24) is 4.57 Å². The molecule has 0 fully saturated rings. The SMILES string of the molecule is N=C(C=CN)c1cccc(-n2c3ccccc3c3ccccc32)c1. The van der Waals surface area contributed by atoms with Crippen LogP contribution in [0.15, 0.2) is 85.1 Å². The molecule has 0 unspecified atom stereocenters. The van der Waals surface area contributed by atoms with E-state index in [9.17, 15) is 0 Å². The lowest BCUT2D eigenvalue weighted by molar-refractivity contribution is 1.18. The van der Waals surface area contributed by atoms with Crippen molar-refractivity contribution in [3.05, 3.63) is 90.6 Å². The maximum atomic E-state index is 8.10. The average Bonchev–Trinajstić information content (AvgIpc) is 2.97. The molecule has 0 amide bonds. The third kappa shape index (κ3) is 2.18. The molecule has 3 nitrogen and oxygen atoms in total. The fraction of sp³-hybridized carbons (Fsp3) is 0. The molecule has 0 bridgehead atoms. The second kappa shape index (κ2) is 5.70. The van der Waals surface area contributed by atoms with E-state index in [2.05, 4.69) is 59.2 Å². The Bertz CT molecular complexity index is 1030. The number of nitrogens with zero attached hydrogens (tertiary/aromatic N) is 1. The molecule has 4 aromatic rings. The zero-order chi connectivity index (χ0) is 16.5. The third-order valence-corrected chi connectivity index (χ3v) is 4.26. The molecule has 0 atom stereocenters. The van der Waals surface area contributed by atoms with Crippen LogP contribution >= 0.6 is 0 Å². The first-order valence-electron chi connectivity index (χ1n) is 7.85. The van der Waals surface area contributed by atoms with E-state index < -0.39 is 0 Å². The lowest BCUT2D eigenvalue weighted by atomic mass is 10.1. The van der Waals surface area contributed by atoms with Crippen molar-refractivity contribution in [2.24, 2.45) is 5.73 Å². The number of hydrogen-bond acceptors (Lipinski definition) is 2. The standard InChI is InChI=1S/C21H17N3/c22-13-12-19(23)15-6-5-7-16(14-15)24-20-10-3-1-8-17(20)18-9-2-4-11-21(18)24/h1-14,23H,22H2. The van der Waals surface area contributed by atoms with Crippen molar-refractivity contribution in [2.45, 2.75) is 0 Å². The van der Waals surface area contributed by atoms with Crippen molar-refractivity contribution >= 4 is 27.5 Å². The van der Waals surface area contributed by atoms with E-state index in [1.54, 1.807) is 6.08 Å². The summed E-state index contributed by atoms with van der Waals surface area (Å²) >= 11 is 0. The summed E-state index contributed by atoms with van der Waals surface area (Å²) in [5.41, 5.74) is 10.0. The average molecular weight is 311 g/mol. The summed E-state index contributed by atoms with van der Waals surface area (Å²) in [6, 6.07) is 24.8. The van der Waals surface area contributed by atoms with Gasteiger partial charge in [-0.25, -0.2) is 0 Å². The molecule has 4 rings (SSSR count). The maximum Gasteiger partial charge on any atom is 0.0627 e. The summed E-state index contributed by atoms with van der Waals surface area (Å²) in [6.45, 7) is 0. The Hall–Kier alpha value is -3.33. The van der Waals surface area contributed by atoms with Crippen LogP contribution in [0.5, 0.6) is 0 Å². The van der Waals surface area contributed by atoms with Gasteiger partial charge in [-0.2, -0.15) is 0 Å². The molecule has 3 aromatic carbocycles. The Morgan fingerprint density at radius 1 is 0.833 bits per heavy atom. The molecule has 0 aliphatic heterocycles. The number of hydrogen-bond donors (Lipinski definition) is 2. The molecule has 0 aliphatic carbocycles. The van der Waals surface area contributed by atoms with Gasteiger partial charge in [0.05, 0.1) is 16.7 Å². The van der Waals surface area contributed by atoms with Gasteiger partial charge in [-0.05, 0) is 36.5 Å². The van der Waals surface area contributed by atoms with Crippen LogP contribution in [0.25, 0.3) is 27.5 Å². The molecule has 0 aliphatic rings. The van der Waals surface area contributed by atoms with Crippen molar-refractivity contribution in [1.29, 1.82) is 5.41 Å². The maximum absolute atomic E-state index is 8.10. The van der Waals surface area contributed by atoms with E-state index >= 15 is 0 Å². The predicted octanol–water partition coefficient (Wildman–Crippen LogP) is 4.62. The second-order valence-corrected chi connectivity index (χ2v) is 5.69. The smallest absolute Gasteiger partial charge is 0.0627 e. The largest absolute Gasteiger partial charge is 0.405 e. The lowest BCUT2D eigenvalue weighted by Crippen LogP contribution is -1.99. The highest BCUT2D eigenvalue weighted by molar-refractivity contribution is 6.10. The van der Waals surface area contributed by atoms with Gasteiger partial charge in [-0.1, -0.05) is 48.5 Å². The molecule has 0 radical (unpaired) electrons. The fourth-order valence-electron chi connectivity index (χ4n) is 3.21. The van der Waals surface area contributed by atoms with Crippen LogP contribution in [0.1, 0.15) is 5.56 Å². The van der Waals surface area contributed by atoms with Gasteiger partial charge in [0.25, 0.3) is 0 Å². The quantitative estimate of drug-likeness (QED) is 0.533. The minimum atomic E-state index is 0.403. The normalized spacial score (nSPS) is 11.5. The van der Waals surface area contributed by atoms with Crippen molar-refractivity contribution < 1.29 is 0 Å². The fourth-order valence-corrected chi connectivity index (χ4v) is 3.21. The van der Waals surface area contributed by atoms with Crippen LogP contribution < -0.4 is 5.73 Å². The molecule has 0 saturated heterocycles. The third-order valence-electron chi connectivity index (χ3n) is 4.26. The predicted molar refractivity (Wildman–Crippen MR) is 101 cm³/mol. The minimum Gasteiger partial charge on any atom is -0.405 e. The number of benzene rings is 3. The number of para-hydroxylation sites is 2. The molecular weight excluding hydrogens is 294 g/mol. The van der Waals surface area contributed by atoms with Crippen molar-refractivity contribution in [3.8, 4) is 5.69 Å². The Kier molecular flexibility index (Phi) is 3.39. The van der Waals surface area contributed by atoms with Crippen molar-refractivity contribution in [2.75, 3.05) is 0 Å². The zero-order valence-electron chi connectivity index (χ0n) is 13.1. The summed E-state index contributed by atoms with van der Waals surface area (Å²) in [6.07, 6.45) is 3.00. The van der Waals surface area contributed by atoms with Crippen molar-refractivity contribution in [3.63, 3.8) is 0 Å². The molecule has 0 saturated carbocycles. The van der Waals surface area contributed by atoms with Crippen LogP contribution in [0, 0.1) is 5.41 Å². The summed E-state index contributed by atoms with van der Waals surface area (Å²) < 4.78 is 2.24. The van der Waals surface area contributed by atoms with Crippen LogP contribution in [0.4, 0.5) is 0 Å². The highest BCUT2D eigenvalue weighted by Crippen LogP contribution is 2.31. The number of allylic oxidation sites excluding steroid dienone is 1. The summed E-state index contributed by atoms with van der Waals surface area (Å²) in [5, 5.41) is 10.6. The zero-order valence-corrected chi connectivity index (χ0v) is 13.1. The van der Waals surface area contributed by atoms with Crippen LogP contribution in [0.3, 0.4) is 0 Å². The highest BCUT2D eigenvalue weighted by Gasteiger charge is 2.11. The molecule has 116 valence electrons. The molecule has 3 N–H and O–H groups in total. The van der Waals surface area contributed by atoms with Gasteiger partial charge in [0, 0.05) is 22.0 Å². The number of rotatable bonds is 3. The van der Waals surface area contributed by atoms with Gasteiger partial charge in [0.1, 0.15) is 0 Å². The summed E-state index contributed by atoms with van der Waals surface area (Å²) in [7, 11) is 0. The first-order valence-corrected chi connectivity index (χ1v) is 7.85. The monoisotopic (exact) mass is 311 g/mol. The number of fused-ring (bicyclic) bond motifs is 3. The Balaban J connectivity index is 2.02. The van der Waals surface area contributed by atoms with Gasteiger partial charge in [0.15, 0.2) is 0 Å². The van der Waals surface area contributed by atoms with E-state index in [1.165, 1.54) is 17.0 Å². The Labute approximate surface area is 140 Å². The number of aromatic nitrogens is 1. The molecule has 1 aromatic heterocycles. The molecule has 0 spiro atoms. The van der Waals surface area contributed by atoms with Gasteiger partial charge in [-0.3, -0.25) is 0 Å². The first kappa shape index (κ1) is 14.3. The van der Waals surface area contributed by atoms with E-state index in [4.69, 9.17) is 11.1 Å². The lowest BCUT2D eigenvalue weighted by Gasteiger charge is -2.09. The number of nitrogens with one attached hydrogen (secondary N) is 1. The summed E-state index contributed by atoms with van der Waals surface area (Å²) in [4.78, 5) is 0. The van der Waals surface area contributed by atoms with E-state index in [0.29, 0.717) is 5.71 Å². The topological polar surface area (TPSA) is 54.8 Å². The van der Waals surface area contributed by atoms with E-state index in [1.807, 2.05) is 18.2 Å². The first-order chi connectivity index (χ1) is 11.8. The molecule has 24 heavy (non-hydrogen) atoms. The van der Waals surface area contributed by atoms with Crippen LogP contribution in [-0.2, 0) is 0 Å². The molecular formula is C21H17N3. The number of nitrogens with two attached hydrogens (primary N) is 1. The van der Waals surface area contributed by atoms with Gasteiger partial charge in [0.2, 0.25) is 0 Å². The highest BCUT2D eigenvalue weighted by atomic mass is 15.0. The summed E-state index contributed by atoms with van der Waals surface area (Å²) in [5.74, 6) is 0. The van der Waals surface area contributed by atoms with Crippen LogP contribution in [-0.4, -0.2) is 10.3 Å². The minimum absolute atomic E-state index is 0.403.